The summed E-state index contributed by atoms with van der Waals surface area (Å²) in [6.07, 6.45) is 0.118. The Bertz CT molecular complexity index is 1100. The van der Waals surface area contributed by atoms with E-state index in [1.807, 2.05) is 55.6 Å². The topological polar surface area (TPSA) is 94.1 Å². The van der Waals surface area contributed by atoms with Crippen LogP contribution >= 0.6 is 11.3 Å². The van der Waals surface area contributed by atoms with Gasteiger partial charge in [0.05, 0.1) is 23.5 Å². The number of nitrogens with one attached hydrogen (secondary N) is 1. The van der Waals surface area contributed by atoms with Gasteiger partial charge in [-0.1, -0.05) is 29.4 Å². The minimum atomic E-state index is -0.191. The lowest BCUT2D eigenvalue weighted by Gasteiger charge is -2.00. The molecule has 1 N–H and O–H groups in total. The standard InChI is InChI=1S/C20H18N4O3S/c1-12-6-3-4-7-14(12)20-22-15(13(2)26-20)10-17(25)21-11-18-23-19(24-27-18)16-8-5-9-28-16/h3-9H,10-11H2,1-2H3,(H,21,25). The number of aromatic nitrogens is 3. The Balaban J connectivity index is 1.39. The molecule has 0 aliphatic heterocycles. The molecule has 0 radical (unpaired) electrons. The molecule has 3 heterocycles. The van der Waals surface area contributed by atoms with Gasteiger partial charge in [0.25, 0.3) is 0 Å². The van der Waals surface area contributed by atoms with Gasteiger partial charge in [-0.2, -0.15) is 4.98 Å². The number of carbonyl (C=O) groups is 1. The number of carbonyl (C=O) groups excluding carboxylic acids is 1. The van der Waals surface area contributed by atoms with Crippen LogP contribution in [0.5, 0.6) is 0 Å². The van der Waals surface area contributed by atoms with Crippen LogP contribution in [0.3, 0.4) is 0 Å². The van der Waals surface area contributed by atoms with Gasteiger partial charge in [0, 0.05) is 5.56 Å². The van der Waals surface area contributed by atoms with Crippen LogP contribution in [0.25, 0.3) is 22.2 Å². The molecule has 4 aromatic rings. The monoisotopic (exact) mass is 394 g/mol. The molecule has 0 unspecified atom stereocenters. The van der Waals surface area contributed by atoms with Crippen molar-refractivity contribution < 1.29 is 13.7 Å². The maximum absolute atomic E-state index is 12.3. The Morgan fingerprint density at radius 1 is 1.14 bits per heavy atom. The Morgan fingerprint density at radius 2 is 2.00 bits per heavy atom. The van der Waals surface area contributed by atoms with Gasteiger partial charge in [-0.3, -0.25) is 4.79 Å². The van der Waals surface area contributed by atoms with Crippen molar-refractivity contribution in [1.29, 1.82) is 0 Å². The van der Waals surface area contributed by atoms with Crippen LogP contribution in [0.4, 0.5) is 0 Å². The van der Waals surface area contributed by atoms with E-state index in [0.29, 0.717) is 29.1 Å². The number of aryl methyl sites for hydroxylation is 2. The molecular formula is C20H18N4O3S. The molecule has 0 spiro atoms. The molecule has 0 atom stereocenters. The first-order valence-corrected chi connectivity index (χ1v) is 9.63. The second-order valence-corrected chi connectivity index (χ2v) is 7.23. The number of nitrogens with zero attached hydrogens (tertiary/aromatic N) is 3. The number of rotatable bonds is 6. The summed E-state index contributed by atoms with van der Waals surface area (Å²) < 4.78 is 10.9. The fourth-order valence-corrected chi connectivity index (χ4v) is 3.39. The van der Waals surface area contributed by atoms with Crippen LogP contribution < -0.4 is 5.32 Å². The summed E-state index contributed by atoms with van der Waals surface area (Å²) >= 11 is 1.53. The van der Waals surface area contributed by atoms with E-state index in [1.54, 1.807) is 0 Å². The van der Waals surface area contributed by atoms with E-state index < -0.39 is 0 Å². The van der Waals surface area contributed by atoms with E-state index >= 15 is 0 Å². The van der Waals surface area contributed by atoms with E-state index in [1.165, 1.54) is 11.3 Å². The highest BCUT2D eigenvalue weighted by molar-refractivity contribution is 7.13. The molecule has 0 bridgehead atoms. The minimum Gasteiger partial charge on any atom is -0.441 e. The molecule has 4 rings (SSSR count). The number of oxazole rings is 1. The Kier molecular flexibility index (Phi) is 5.03. The summed E-state index contributed by atoms with van der Waals surface area (Å²) in [5, 5.41) is 8.65. The number of hydrogen-bond donors (Lipinski definition) is 1. The molecule has 7 nitrogen and oxygen atoms in total. The maximum atomic E-state index is 12.3. The fourth-order valence-electron chi connectivity index (χ4n) is 2.74. The molecule has 1 amide bonds. The van der Waals surface area contributed by atoms with Crippen molar-refractivity contribution in [2.45, 2.75) is 26.8 Å². The van der Waals surface area contributed by atoms with Crippen molar-refractivity contribution in [3.63, 3.8) is 0 Å². The van der Waals surface area contributed by atoms with Crippen molar-refractivity contribution in [1.82, 2.24) is 20.4 Å². The quantitative estimate of drug-likeness (QED) is 0.532. The molecule has 3 aromatic heterocycles. The average Bonchev–Trinajstić information content (AvgIpc) is 3.42. The molecule has 28 heavy (non-hydrogen) atoms. The highest BCUT2D eigenvalue weighted by Gasteiger charge is 2.16. The van der Waals surface area contributed by atoms with Gasteiger partial charge in [-0.05, 0) is 36.9 Å². The zero-order valence-corrected chi connectivity index (χ0v) is 16.2. The van der Waals surface area contributed by atoms with E-state index in [4.69, 9.17) is 8.94 Å². The lowest BCUT2D eigenvalue weighted by Crippen LogP contribution is -2.25. The molecule has 0 aliphatic rings. The molecule has 8 heteroatoms. The average molecular weight is 394 g/mol. The van der Waals surface area contributed by atoms with Crippen molar-refractivity contribution in [3.05, 3.63) is 64.7 Å². The van der Waals surface area contributed by atoms with Crippen molar-refractivity contribution in [3.8, 4) is 22.2 Å². The first kappa shape index (κ1) is 18.1. The van der Waals surface area contributed by atoms with Crippen molar-refractivity contribution in [2.75, 3.05) is 0 Å². The summed E-state index contributed by atoms with van der Waals surface area (Å²) in [6, 6.07) is 11.7. The lowest BCUT2D eigenvalue weighted by molar-refractivity contribution is -0.120. The molecule has 0 saturated carbocycles. The molecule has 0 aliphatic carbocycles. The third-order valence-electron chi connectivity index (χ3n) is 4.24. The summed E-state index contributed by atoms with van der Waals surface area (Å²) in [5.74, 6) is 1.84. The van der Waals surface area contributed by atoms with Crippen LogP contribution in [-0.2, 0) is 17.8 Å². The number of amides is 1. The number of benzene rings is 1. The van der Waals surface area contributed by atoms with Crippen LogP contribution in [0.1, 0.15) is 22.9 Å². The summed E-state index contributed by atoms with van der Waals surface area (Å²) in [5.41, 5.74) is 2.60. The van der Waals surface area contributed by atoms with Gasteiger partial charge in [0.1, 0.15) is 5.76 Å². The highest BCUT2D eigenvalue weighted by Crippen LogP contribution is 2.25. The maximum Gasteiger partial charge on any atom is 0.246 e. The summed E-state index contributed by atoms with van der Waals surface area (Å²) in [7, 11) is 0. The number of thiophene rings is 1. The SMILES string of the molecule is Cc1ccccc1-c1nc(CC(=O)NCc2nc(-c3cccs3)no2)c(C)o1. The van der Waals surface area contributed by atoms with E-state index in [0.717, 1.165) is 16.0 Å². The zero-order chi connectivity index (χ0) is 19.5. The van der Waals surface area contributed by atoms with Crippen LogP contribution in [0, 0.1) is 13.8 Å². The molecule has 0 fully saturated rings. The van der Waals surface area contributed by atoms with Crippen molar-refractivity contribution in [2.24, 2.45) is 0 Å². The third kappa shape index (κ3) is 3.86. The van der Waals surface area contributed by atoms with Crippen LogP contribution in [-0.4, -0.2) is 21.0 Å². The van der Waals surface area contributed by atoms with Gasteiger partial charge in [0.2, 0.25) is 23.5 Å². The molecule has 0 saturated heterocycles. The fraction of sp³-hybridized carbons (Fsp3) is 0.200. The second-order valence-electron chi connectivity index (χ2n) is 6.28. The van der Waals surface area contributed by atoms with Gasteiger partial charge >= 0.3 is 0 Å². The molecule has 142 valence electrons. The lowest BCUT2D eigenvalue weighted by atomic mass is 10.1. The second kappa shape index (κ2) is 7.77. The van der Waals surface area contributed by atoms with Gasteiger partial charge in [-0.15, -0.1) is 11.3 Å². The van der Waals surface area contributed by atoms with Gasteiger partial charge < -0.3 is 14.3 Å². The number of hydrogen-bond acceptors (Lipinski definition) is 7. The Hall–Kier alpha value is -3.26. The van der Waals surface area contributed by atoms with Crippen LogP contribution in [0.15, 0.2) is 50.7 Å². The smallest absolute Gasteiger partial charge is 0.246 e. The van der Waals surface area contributed by atoms with Crippen molar-refractivity contribution >= 4 is 17.2 Å². The largest absolute Gasteiger partial charge is 0.441 e. The Labute approximate surface area is 165 Å². The van der Waals surface area contributed by atoms with Crippen LogP contribution in [0.2, 0.25) is 0 Å². The van der Waals surface area contributed by atoms with E-state index in [-0.39, 0.29) is 18.9 Å². The summed E-state index contributed by atoms with van der Waals surface area (Å²) in [6.45, 7) is 3.97. The van der Waals surface area contributed by atoms with Gasteiger partial charge in [-0.25, -0.2) is 4.98 Å². The summed E-state index contributed by atoms with van der Waals surface area (Å²) in [4.78, 5) is 22.0. The normalized spacial score (nSPS) is 10.9. The third-order valence-corrected chi connectivity index (χ3v) is 5.11. The molecule has 1 aromatic carbocycles. The van der Waals surface area contributed by atoms with E-state index in [2.05, 4.69) is 20.4 Å². The molecular weight excluding hydrogens is 376 g/mol. The Morgan fingerprint density at radius 3 is 2.79 bits per heavy atom. The first-order valence-electron chi connectivity index (χ1n) is 8.75. The predicted molar refractivity (Wildman–Crippen MR) is 105 cm³/mol. The minimum absolute atomic E-state index is 0.118. The van der Waals surface area contributed by atoms with Gasteiger partial charge in [0.15, 0.2) is 0 Å². The predicted octanol–water partition coefficient (Wildman–Crippen LogP) is 3.93. The zero-order valence-electron chi connectivity index (χ0n) is 15.4. The highest BCUT2D eigenvalue weighted by atomic mass is 32.1. The van der Waals surface area contributed by atoms with E-state index in [9.17, 15) is 4.79 Å². The first-order chi connectivity index (χ1) is 13.6.